The molecular weight excluding hydrogens is 188 g/mol. The molecular formula is C12H26N2O. The Morgan fingerprint density at radius 3 is 2.87 bits per heavy atom. The Hall–Kier alpha value is -0.120. The molecule has 0 amide bonds. The maximum atomic E-state index is 5.44. The molecule has 0 aromatic carbocycles. The minimum atomic E-state index is 0.540. The van der Waals surface area contributed by atoms with E-state index in [0.29, 0.717) is 12.1 Å². The van der Waals surface area contributed by atoms with Crippen LogP contribution in [0.15, 0.2) is 0 Å². The lowest BCUT2D eigenvalue weighted by Crippen LogP contribution is -2.45. The van der Waals surface area contributed by atoms with Gasteiger partial charge in [0, 0.05) is 18.6 Å². The maximum Gasteiger partial charge on any atom is 0.0620 e. The topological polar surface area (TPSA) is 33.3 Å². The van der Waals surface area contributed by atoms with E-state index in [1.807, 2.05) is 0 Å². The van der Waals surface area contributed by atoms with Crippen LogP contribution in [0.3, 0.4) is 0 Å². The Balaban J connectivity index is 2.08. The molecule has 3 nitrogen and oxygen atoms in total. The molecule has 90 valence electrons. The molecule has 15 heavy (non-hydrogen) atoms. The van der Waals surface area contributed by atoms with Crippen LogP contribution < -0.4 is 10.6 Å². The summed E-state index contributed by atoms with van der Waals surface area (Å²) in [6.45, 7) is 10.7. The van der Waals surface area contributed by atoms with Gasteiger partial charge < -0.3 is 15.4 Å². The van der Waals surface area contributed by atoms with Gasteiger partial charge in [0.25, 0.3) is 0 Å². The molecule has 0 bridgehead atoms. The summed E-state index contributed by atoms with van der Waals surface area (Å²) in [5.74, 6) is 0.781. The molecule has 1 aliphatic heterocycles. The highest BCUT2D eigenvalue weighted by Crippen LogP contribution is 2.04. The first-order chi connectivity index (χ1) is 7.22. The summed E-state index contributed by atoms with van der Waals surface area (Å²) >= 11 is 0. The van der Waals surface area contributed by atoms with Crippen molar-refractivity contribution in [3.05, 3.63) is 0 Å². The normalized spacial score (nSPS) is 26.2. The zero-order valence-electron chi connectivity index (χ0n) is 10.4. The van der Waals surface area contributed by atoms with Gasteiger partial charge in [-0.2, -0.15) is 0 Å². The largest absolute Gasteiger partial charge is 0.379 e. The van der Waals surface area contributed by atoms with Crippen molar-refractivity contribution in [2.45, 2.75) is 45.7 Å². The van der Waals surface area contributed by atoms with Gasteiger partial charge in [0.1, 0.15) is 0 Å². The van der Waals surface area contributed by atoms with E-state index in [4.69, 9.17) is 4.74 Å². The highest BCUT2D eigenvalue weighted by Gasteiger charge is 2.15. The van der Waals surface area contributed by atoms with Crippen molar-refractivity contribution < 1.29 is 4.74 Å². The van der Waals surface area contributed by atoms with Crippen LogP contribution in [-0.4, -0.2) is 38.4 Å². The SMILES string of the molecule is CCC(C)CNC(C)CC1COCCN1. The lowest BCUT2D eigenvalue weighted by Gasteiger charge is -2.27. The first-order valence-corrected chi connectivity index (χ1v) is 6.26. The molecule has 0 saturated carbocycles. The van der Waals surface area contributed by atoms with Gasteiger partial charge in [-0.15, -0.1) is 0 Å². The van der Waals surface area contributed by atoms with Crippen LogP contribution in [0.4, 0.5) is 0 Å². The van der Waals surface area contributed by atoms with Gasteiger partial charge >= 0.3 is 0 Å². The fraction of sp³-hybridized carbons (Fsp3) is 1.00. The maximum absolute atomic E-state index is 5.44. The molecule has 2 N–H and O–H groups in total. The lowest BCUT2D eigenvalue weighted by atomic mass is 10.1. The number of hydrogen-bond acceptors (Lipinski definition) is 3. The van der Waals surface area contributed by atoms with E-state index in [1.54, 1.807) is 0 Å². The molecule has 0 radical (unpaired) electrons. The molecule has 0 spiro atoms. The number of nitrogens with one attached hydrogen (secondary N) is 2. The van der Waals surface area contributed by atoms with Crippen LogP contribution >= 0.6 is 0 Å². The molecule has 0 aromatic heterocycles. The van der Waals surface area contributed by atoms with E-state index in [0.717, 1.165) is 38.6 Å². The third-order valence-electron chi connectivity index (χ3n) is 3.15. The zero-order chi connectivity index (χ0) is 11.1. The molecule has 0 aliphatic carbocycles. The van der Waals surface area contributed by atoms with Crippen LogP contribution in [0.5, 0.6) is 0 Å². The van der Waals surface area contributed by atoms with E-state index in [-0.39, 0.29) is 0 Å². The fourth-order valence-electron chi connectivity index (χ4n) is 1.83. The molecule has 1 aliphatic rings. The van der Waals surface area contributed by atoms with Crippen molar-refractivity contribution in [2.75, 3.05) is 26.3 Å². The summed E-state index contributed by atoms with van der Waals surface area (Å²) < 4.78 is 5.44. The van der Waals surface area contributed by atoms with Crippen molar-refractivity contribution in [1.82, 2.24) is 10.6 Å². The van der Waals surface area contributed by atoms with Gasteiger partial charge in [-0.05, 0) is 25.8 Å². The summed E-state index contributed by atoms with van der Waals surface area (Å²) in [4.78, 5) is 0. The van der Waals surface area contributed by atoms with Gasteiger partial charge in [0.05, 0.1) is 13.2 Å². The van der Waals surface area contributed by atoms with Crippen LogP contribution in [0.2, 0.25) is 0 Å². The van der Waals surface area contributed by atoms with E-state index in [1.165, 1.54) is 6.42 Å². The van der Waals surface area contributed by atoms with Gasteiger partial charge in [0.15, 0.2) is 0 Å². The molecule has 1 saturated heterocycles. The second-order valence-corrected chi connectivity index (χ2v) is 4.78. The third kappa shape index (κ3) is 5.50. The van der Waals surface area contributed by atoms with E-state index in [2.05, 4.69) is 31.4 Å². The molecule has 3 atom stereocenters. The average molecular weight is 214 g/mol. The van der Waals surface area contributed by atoms with E-state index in [9.17, 15) is 0 Å². The standard InChI is InChI=1S/C12H26N2O/c1-4-10(2)8-14-11(3)7-12-9-15-6-5-13-12/h10-14H,4-9H2,1-3H3. The summed E-state index contributed by atoms with van der Waals surface area (Å²) in [5.41, 5.74) is 0. The average Bonchev–Trinajstić information content (AvgIpc) is 2.27. The van der Waals surface area contributed by atoms with Gasteiger partial charge in [-0.1, -0.05) is 20.3 Å². The number of rotatable bonds is 6. The summed E-state index contributed by atoms with van der Waals surface area (Å²) in [6.07, 6.45) is 2.42. The van der Waals surface area contributed by atoms with Crippen molar-refractivity contribution >= 4 is 0 Å². The Bertz CT molecular complexity index is 158. The van der Waals surface area contributed by atoms with Crippen molar-refractivity contribution in [2.24, 2.45) is 5.92 Å². The van der Waals surface area contributed by atoms with Gasteiger partial charge in [-0.3, -0.25) is 0 Å². The van der Waals surface area contributed by atoms with Crippen LogP contribution in [0.1, 0.15) is 33.6 Å². The zero-order valence-corrected chi connectivity index (χ0v) is 10.4. The van der Waals surface area contributed by atoms with E-state index >= 15 is 0 Å². The second kappa shape index (κ2) is 7.20. The van der Waals surface area contributed by atoms with Crippen LogP contribution in [0.25, 0.3) is 0 Å². The summed E-state index contributed by atoms with van der Waals surface area (Å²) in [5, 5.41) is 7.07. The monoisotopic (exact) mass is 214 g/mol. The Labute approximate surface area is 94.0 Å². The van der Waals surface area contributed by atoms with Crippen molar-refractivity contribution in [3.8, 4) is 0 Å². The quantitative estimate of drug-likeness (QED) is 0.701. The Kier molecular flexibility index (Phi) is 6.22. The first kappa shape index (κ1) is 12.9. The smallest absolute Gasteiger partial charge is 0.0620 e. The Morgan fingerprint density at radius 2 is 2.27 bits per heavy atom. The van der Waals surface area contributed by atoms with E-state index < -0.39 is 0 Å². The van der Waals surface area contributed by atoms with Crippen molar-refractivity contribution in [1.29, 1.82) is 0 Å². The Morgan fingerprint density at radius 1 is 1.47 bits per heavy atom. The third-order valence-corrected chi connectivity index (χ3v) is 3.15. The second-order valence-electron chi connectivity index (χ2n) is 4.78. The summed E-state index contributed by atoms with van der Waals surface area (Å²) in [6, 6.07) is 1.12. The predicted molar refractivity (Wildman–Crippen MR) is 64.1 cm³/mol. The highest BCUT2D eigenvalue weighted by molar-refractivity contribution is 4.76. The number of ether oxygens (including phenoxy) is 1. The van der Waals surface area contributed by atoms with Crippen molar-refractivity contribution in [3.63, 3.8) is 0 Å². The highest BCUT2D eigenvalue weighted by atomic mass is 16.5. The first-order valence-electron chi connectivity index (χ1n) is 6.26. The van der Waals surface area contributed by atoms with Crippen LogP contribution in [-0.2, 0) is 4.74 Å². The molecule has 1 heterocycles. The molecule has 1 fully saturated rings. The molecule has 1 rings (SSSR count). The number of morpholine rings is 1. The van der Waals surface area contributed by atoms with Crippen LogP contribution in [0, 0.1) is 5.92 Å². The minimum Gasteiger partial charge on any atom is -0.379 e. The predicted octanol–water partition coefficient (Wildman–Crippen LogP) is 1.39. The molecule has 3 heteroatoms. The minimum absolute atomic E-state index is 0.540. The molecule has 0 aromatic rings. The lowest BCUT2D eigenvalue weighted by molar-refractivity contribution is 0.0711. The van der Waals surface area contributed by atoms with Gasteiger partial charge in [0.2, 0.25) is 0 Å². The fourth-order valence-corrected chi connectivity index (χ4v) is 1.83. The number of hydrogen-bond donors (Lipinski definition) is 2. The van der Waals surface area contributed by atoms with Gasteiger partial charge in [-0.25, -0.2) is 0 Å². The molecule has 3 unspecified atom stereocenters. The summed E-state index contributed by atoms with van der Waals surface area (Å²) in [7, 11) is 0.